The Morgan fingerprint density at radius 2 is 1.96 bits per heavy atom. The van der Waals surface area contributed by atoms with Crippen molar-refractivity contribution in [3.05, 3.63) is 22.2 Å². The van der Waals surface area contributed by atoms with Crippen LogP contribution in [0.3, 0.4) is 0 Å². The highest BCUT2D eigenvalue weighted by Gasteiger charge is 2.25. The second kappa shape index (κ2) is 7.20. The summed E-state index contributed by atoms with van der Waals surface area (Å²) >= 11 is 0. The van der Waals surface area contributed by atoms with Gasteiger partial charge in [0.15, 0.2) is 0 Å². The Hall–Kier alpha value is -2.77. The van der Waals surface area contributed by atoms with E-state index >= 15 is 0 Å². The predicted octanol–water partition coefficient (Wildman–Crippen LogP) is -0.322. The number of anilines is 1. The van der Waals surface area contributed by atoms with Gasteiger partial charge in [0.05, 0.1) is 10.6 Å². The summed E-state index contributed by atoms with van der Waals surface area (Å²) in [6.45, 7) is 0. The van der Waals surface area contributed by atoms with Crippen molar-refractivity contribution < 1.29 is 37.7 Å². The molecule has 0 fully saturated rings. The van der Waals surface area contributed by atoms with E-state index in [0.717, 1.165) is 0 Å². The highest BCUT2D eigenvalue weighted by atomic mass is 32.2. The molecule has 1 rings (SSSR count). The molecule has 12 nitrogen and oxygen atoms in total. The third-order valence-corrected chi connectivity index (χ3v) is 3.66. The highest BCUT2D eigenvalue weighted by Crippen LogP contribution is 2.36. The molecule has 0 spiro atoms. The van der Waals surface area contributed by atoms with Crippen molar-refractivity contribution in [2.24, 2.45) is 5.73 Å². The summed E-state index contributed by atoms with van der Waals surface area (Å²) in [5.74, 6) is -3.23. The molecule has 0 radical (unpaired) electrons. The first-order valence-electron chi connectivity index (χ1n) is 6.20. The number of benzene rings is 1. The Kier molecular flexibility index (Phi) is 5.78. The molecular weight excluding hydrogens is 350 g/mol. The van der Waals surface area contributed by atoms with Gasteiger partial charge in [0.2, 0.25) is 11.7 Å². The molecule has 1 aromatic rings. The Bertz CT molecular complexity index is 790. The van der Waals surface area contributed by atoms with E-state index in [0.29, 0.717) is 12.1 Å². The molecule has 0 unspecified atom stereocenters. The largest absolute Gasteiger partial charge is 0.501 e. The second-order valence-electron chi connectivity index (χ2n) is 4.60. The van der Waals surface area contributed by atoms with Crippen molar-refractivity contribution in [2.45, 2.75) is 23.8 Å². The number of carbonyl (C=O) groups excluding carboxylic acids is 1. The number of aliphatic carboxylic acids is 1. The van der Waals surface area contributed by atoms with Crippen LogP contribution in [0.1, 0.15) is 12.8 Å². The number of hydrogen-bond donors (Lipinski definition) is 5. The monoisotopic (exact) mass is 363 g/mol. The Balaban J connectivity index is 3.10. The average Bonchev–Trinajstić information content (AvgIpc) is 2.45. The number of hydrogen-bond acceptors (Lipinski definition) is 8. The topological polar surface area (TPSA) is 210 Å². The number of phenolic OH excluding ortho intramolecular Hbond substituents is 1. The zero-order valence-corrected chi connectivity index (χ0v) is 12.7. The maximum Gasteiger partial charge on any atom is 0.320 e. The molecule has 1 atom stereocenters. The van der Waals surface area contributed by atoms with Gasteiger partial charge >= 0.3 is 11.7 Å². The third kappa shape index (κ3) is 4.87. The summed E-state index contributed by atoms with van der Waals surface area (Å²) in [6, 6.07) is -0.282. The SMILES string of the molecule is N[C@@H](CCC(=O)Nc1cc(S(=O)(=O)O)cc([N+](=O)[O-])c1O)C(=O)O. The molecule has 0 aliphatic heterocycles. The number of carboxylic acids is 1. The van der Waals surface area contributed by atoms with Crippen molar-refractivity contribution in [3.63, 3.8) is 0 Å². The quantitative estimate of drug-likeness (QED) is 0.184. The molecular formula is C11H13N3O9S. The smallest absolute Gasteiger partial charge is 0.320 e. The number of nitrogens with one attached hydrogen (secondary N) is 1. The molecule has 13 heteroatoms. The van der Waals surface area contributed by atoms with Crippen molar-refractivity contribution in [1.82, 2.24) is 0 Å². The van der Waals surface area contributed by atoms with Gasteiger partial charge in [-0.3, -0.25) is 24.3 Å². The van der Waals surface area contributed by atoms with Gasteiger partial charge in [-0.25, -0.2) is 0 Å². The fraction of sp³-hybridized carbons (Fsp3) is 0.273. The Labute approximate surface area is 134 Å². The summed E-state index contributed by atoms with van der Waals surface area (Å²) in [5.41, 5.74) is 3.52. The minimum atomic E-state index is -4.84. The molecule has 0 aliphatic carbocycles. The lowest BCUT2D eigenvalue weighted by Crippen LogP contribution is -2.31. The van der Waals surface area contributed by atoms with E-state index < -0.39 is 61.4 Å². The maximum absolute atomic E-state index is 11.7. The van der Waals surface area contributed by atoms with Gasteiger partial charge in [0, 0.05) is 12.5 Å². The van der Waals surface area contributed by atoms with Gasteiger partial charge in [-0.1, -0.05) is 0 Å². The van der Waals surface area contributed by atoms with Crippen LogP contribution in [-0.2, 0) is 19.7 Å². The molecule has 0 heterocycles. The number of nitro groups is 1. The Morgan fingerprint density at radius 3 is 2.42 bits per heavy atom. The minimum Gasteiger partial charge on any atom is -0.501 e. The molecule has 0 aliphatic rings. The predicted molar refractivity (Wildman–Crippen MR) is 78.1 cm³/mol. The molecule has 0 aromatic heterocycles. The van der Waals surface area contributed by atoms with Crippen molar-refractivity contribution in [2.75, 3.05) is 5.32 Å². The lowest BCUT2D eigenvalue weighted by atomic mass is 10.1. The second-order valence-corrected chi connectivity index (χ2v) is 6.02. The molecule has 0 saturated heterocycles. The van der Waals surface area contributed by atoms with E-state index in [-0.39, 0.29) is 6.42 Å². The van der Waals surface area contributed by atoms with Crippen LogP contribution in [0.5, 0.6) is 5.75 Å². The van der Waals surface area contributed by atoms with E-state index in [2.05, 4.69) is 0 Å². The summed E-state index contributed by atoms with van der Waals surface area (Å²) in [4.78, 5) is 31.0. The number of nitrogens with zero attached hydrogens (tertiary/aromatic N) is 1. The van der Waals surface area contributed by atoms with Gasteiger partial charge in [0.25, 0.3) is 10.1 Å². The van der Waals surface area contributed by atoms with Crippen LogP contribution in [0.25, 0.3) is 0 Å². The molecule has 6 N–H and O–H groups in total. The first-order valence-corrected chi connectivity index (χ1v) is 7.64. The lowest BCUT2D eigenvalue weighted by Gasteiger charge is -2.10. The average molecular weight is 363 g/mol. The molecule has 132 valence electrons. The van der Waals surface area contributed by atoms with Gasteiger partial charge in [-0.2, -0.15) is 8.42 Å². The van der Waals surface area contributed by atoms with Crippen molar-refractivity contribution in [1.29, 1.82) is 0 Å². The van der Waals surface area contributed by atoms with Crippen molar-refractivity contribution in [3.8, 4) is 5.75 Å². The van der Waals surface area contributed by atoms with Crippen LogP contribution < -0.4 is 11.1 Å². The van der Waals surface area contributed by atoms with E-state index in [4.69, 9.17) is 15.4 Å². The van der Waals surface area contributed by atoms with Gasteiger partial charge < -0.3 is 21.3 Å². The molecule has 24 heavy (non-hydrogen) atoms. The summed E-state index contributed by atoms with van der Waals surface area (Å²) < 4.78 is 31.2. The van der Waals surface area contributed by atoms with Crippen LogP contribution in [0.4, 0.5) is 11.4 Å². The van der Waals surface area contributed by atoms with E-state index in [1.807, 2.05) is 5.32 Å². The van der Waals surface area contributed by atoms with Gasteiger partial charge in [0.1, 0.15) is 10.9 Å². The molecule has 0 bridgehead atoms. The van der Waals surface area contributed by atoms with Gasteiger partial charge in [-0.05, 0) is 12.5 Å². The number of rotatable bonds is 7. The fourth-order valence-electron chi connectivity index (χ4n) is 1.60. The van der Waals surface area contributed by atoms with Crippen LogP contribution in [-0.4, -0.2) is 46.0 Å². The van der Waals surface area contributed by atoms with Crippen LogP contribution in [0, 0.1) is 10.1 Å². The number of carbonyl (C=O) groups is 2. The van der Waals surface area contributed by atoms with Crippen LogP contribution in [0.2, 0.25) is 0 Å². The Morgan fingerprint density at radius 1 is 1.38 bits per heavy atom. The zero-order valence-electron chi connectivity index (χ0n) is 11.9. The van der Waals surface area contributed by atoms with E-state index in [1.54, 1.807) is 0 Å². The summed E-state index contributed by atoms with van der Waals surface area (Å²) in [6.07, 6.45) is -0.668. The molecule has 0 saturated carbocycles. The molecule has 1 aromatic carbocycles. The maximum atomic E-state index is 11.7. The standard InChI is InChI=1S/C11H13N3O9S/c12-6(11(17)18)1-2-9(15)13-7-3-5(24(21,22)23)4-8(10(7)16)14(19)20/h3-4,6,16H,1-2,12H2,(H,13,15)(H,17,18)(H,21,22,23)/t6-/m0/s1. The lowest BCUT2D eigenvalue weighted by molar-refractivity contribution is -0.386. The summed E-state index contributed by atoms with van der Waals surface area (Å²) in [5, 5.41) is 31.1. The highest BCUT2D eigenvalue weighted by molar-refractivity contribution is 7.85. The number of carboxylic acid groups (broad SMARTS) is 1. The van der Waals surface area contributed by atoms with E-state index in [9.17, 15) is 33.2 Å². The third-order valence-electron chi connectivity index (χ3n) is 2.83. The summed E-state index contributed by atoms with van der Waals surface area (Å²) in [7, 11) is -4.84. The number of phenols is 1. The number of nitro benzene ring substituents is 1. The fourth-order valence-corrected chi connectivity index (χ4v) is 2.13. The number of amides is 1. The van der Waals surface area contributed by atoms with E-state index in [1.165, 1.54) is 0 Å². The number of nitrogens with two attached hydrogens (primary N) is 1. The van der Waals surface area contributed by atoms with Crippen molar-refractivity contribution >= 4 is 33.4 Å². The molecule has 1 amide bonds. The van der Waals surface area contributed by atoms with Crippen LogP contribution >= 0.6 is 0 Å². The van der Waals surface area contributed by atoms with Crippen LogP contribution in [0.15, 0.2) is 17.0 Å². The zero-order chi connectivity index (χ0) is 18.7. The first kappa shape index (κ1) is 19.3. The normalized spacial score (nSPS) is 12.4. The first-order chi connectivity index (χ1) is 10.9. The van der Waals surface area contributed by atoms with Gasteiger partial charge in [-0.15, -0.1) is 0 Å². The minimum absolute atomic E-state index is 0.262. The number of aromatic hydroxyl groups is 1.